The summed E-state index contributed by atoms with van der Waals surface area (Å²) in [6, 6.07) is 26.9. The van der Waals surface area contributed by atoms with Gasteiger partial charge >= 0.3 is 0 Å². The van der Waals surface area contributed by atoms with Gasteiger partial charge in [0.2, 0.25) is 5.91 Å². The van der Waals surface area contributed by atoms with E-state index in [-0.39, 0.29) is 17.4 Å². The van der Waals surface area contributed by atoms with Crippen molar-refractivity contribution in [1.29, 1.82) is 0 Å². The number of nitrogens with zero attached hydrogens (tertiary/aromatic N) is 1. The monoisotopic (exact) mass is 638 g/mol. The number of fused-ring (bicyclic) bond motifs is 1. The number of amides is 3. The third kappa shape index (κ3) is 8.08. The van der Waals surface area contributed by atoms with Gasteiger partial charge in [-0.1, -0.05) is 47.7 Å². The van der Waals surface area contributed by atoms with Crippen LogP contribution in [-0.4, -0.2) is 42.7 Å². The van der Waals surface area contributed by atoms with E-state index in [0.717, 1.165) is 20.7 Å². The smallest absolute Gasteiger partial charge is 0.272 e. The fourth-order valence-electron chi connectivity index (χ4n) is 4.35. The number of ether oxygens (including phenoxy) is 2. The molecule has 0 aliphatic rings. The Labute approximate surface area is 268 Å². The summed E-state index contributed by atoms with van der Waals surface area (Å²) in [5.41, 5.74) is 3.46. The highest BCUT2D eigenvalue weighted by molar-refractivity contribution is 8.00. The molecular weight excluding hydrogens is 609 g/mol. The molecule has 1 aromatic heterocycles. The zero-order chi connectivity index (χ0) is 31.8. The van der Waals surface area contributed by atoms with Crippen LogP contribution in [0.25, 0.3) is 16.3 Å². The van der Waals surface area contributed by atoms with E-state index in [1.807, 2.05) is 37.3 Å². The summed E-state index contributed by atoms with van der Waals surface area (Å²) >= 11 is 2.81. The van der Waals surface area contributed by atoms with E-state index >= 15 is 0 Å². The molecule has 0 aliphatic heterocycles. The van der Waals surface area contributed by atoms with E-state index in [2.05, 4.69) is 20.9 Å². The number of hydrogen-bond acceptors (Lipinski definition) is 8. The van der Waals surface area contributed by atoms with Gasteiger partial charge in [0.1, 0.15) is 5.70 Å². The van der Waals surface area contributed by atoms with Gasteiger partial charge in [-0.3, -0.25) is 14.4 Å². The molecule has 3 N–H and O–H groups in total. The largest absolute Gasteiger partial charge is 0.493 e. The van der Waals surface area contributed by atoms with Gasteiger partial charge in [-0.2, -0.15) is 0 Å². The van der Waals surface area contributed by atoms with Gasteiger partial charge in [-0.25, -0.2) is 4.98 Å². The van der Waals surface area contributed by atoms with Crippen molar-refractivity contribution in [3.8, 4) is 11.5 Å². The molecule has 0 aliphatic carbocycles. The highest BCUT2D eigenvalue weighted by Crippen LogP contribution is 2.32. The van der Waals surface area contributed by atoms with Crippen LogP contribution in [0.1, 0.15) is 21.5 Å². The van der Waals surface area contributed by atoms with Gasteiger partial charge in [0.05, 0.1) is 30.2 Å². The Bertz CT molecular complexity index is 1870. The molecule has 0 spiro atoms. The van der Waals surface area contributed by atoms with Gasteiger partial charge in [0, 0.05) is 21.7 Å². The van der Waals surface area contributed by atoms with Gasteiger partial charge < -0.3 is 25.4 Å². The molecule has 0 bridgehead atoms. The van der Waals surface area contributed by atoms with Crippen molar-refractivity contribution in [3.63, 3.8) is 0 Å². The molecule has 5 aromatic rings. The van der Waals surface area contributed by atoms with Gasteiger partial charge in [-0.05, 0) is 73.2 Å². The lowest BCUT2D eigenvalue weighted by atomic mass is 10.1. The molecule has 0 saturated carbocycles. The summed E-state index contributed by atoms with van der Waals surface area (Å²) in [7, 11) is 3.02. The molecular formula is C34H30N4O5S2. The minimum atomic E-state index is -0.532. The predicted octanol–water partition coefficient (Wildman–Crippen LogP) is 6.76. The molecule has 11 heteroatoms. The van der Waals surface area contributed by atoms with Crippen LogP contribution in [0.15, 0.2) is 102 Å². The predicted molar refractivity (Wildman–Crippen MR) is 180 cm³/mol. The first-order valence-electron chi connectivity index (χ1n) is 13.8. The molecule has 45 heavy (non-hydrogen) atoms. The van der Waals surface area contributed by atoms with E-state index in [1.54, 1.807) is 60.7 Å². The second-order valence-corrected chi connectivity index (χ2v) is 11.8. The van der Waals surface area contributed by atoms with Crippen LogP contribution in [-0.2, 0) is 9.59 Å². The van der Waals surface area contributed by atoms with E-state index in [0.29, 0.717) is 33.4 Å². The molecule has 228 valence electrons. The molecule has 0 unspecified atom stereocenters. The number of aryl methyl sites for hydroxylation is 1. The van der Waals surface area contributed by atoms with Crippen LogP contribution in [0.5, 0.6) is 11.5 Å². The van der Waals surface area contributed by atoms with Crippen molar-refractivity contribution < 1.29 is 23.9 Å². The third-order valence-corrected chi connectivity index (χ3v) is 8.48. The fraction of sp³-hybridized carbons (Fsp3) is 0.118. The van der Waals surface area contributed by atoms with E-state index < -0.39 is 11.8 Å². The molecule has 1 heterocycles. The summed E-state index contributed by atoms with van der Waals surface area (Å²) in [5.74, 6) is -0.0355. The maximum absolute atomic E-state index is 13.5. The Morgan fingerprint density at radius 3 is 2.40 bits per heavy atom. The van der Waals surface area contributed by atoms with Crippen molar-refractivity contribution in [2.45, 2.75) is 11.8 Å². The zero-order valence-corrected chi connectivity index (χ0v) is 26.4. The quantitative estimate of drug-likeness (QED) is 0.108. The second kappa shape index (κ2) is 14.6. The van der Waals surface area contributed by atoms with Crippen molar-refractivity contribution in [1.82, 2.24) is 10.3 Å². The Kier molecular flexibility index (Phi) is 10.1. The first kappa shape index (κ1) is 31.3. The molecule has 0 atom stereocenters. The normalized spacial score (nSPS) is 11.1. The Hall–Kier alpha value is -5.13. The molecule has 9 nitrogen and oxygen atoms in total. The summed E-state index contributed by atoms with van der Waals surface area (Å²) < 4.78 is 11.9. The molecule has 0 fully saturated rings. The summed E-state index contributed by atoms with van der Waals surface area (Å²) in [6.07, 6.45) is 1.53. The lowest BCUT2D eigenvalue weighted by Crippen LogP contribution is -2.30. The summed E-state index contributed by atoms with van der Waals surface area (Å²) in [6.45, 7) is 2.02. The number of para-hydroxylation sites is 1. The molecule has 3 amide bonds. The SMILES string of the molecule is COc1cccc(/C=C(\NC(=O)c2ccccc2)C(=O)Nc2ccc(SCC(=O)Nc3nc4ccc(C)cc4s3)cc2)c1OC. The summed E-state index contributed by atoms with van der Waals surface area (Å²) in [4.78, 5) is 44.3. The van der Waals surface area contributed by atoms with Crippen molar-refractivity contribution in [3.05, 3.63) is 113 Å². The van der Waals surface area contributed by atoms with Crippen LogP contribution in [0, 0.1) is 6.92 Å². The first-order chi connectivity index (χ1) is 21.8. The summed E-state index contributed by atoms with van der Waals surface area (Å²) in [5, 5.41) is 8.99. The Balaban J connectivity index is 1.26. The highest BCUT2D eigenvalue weighted by atomic mass is 32.2. The molecule has 0 radical (unpaired) electrons. The zero-order valence-electron chi connectivity index (χ0n) is 24.7. The number of anilines is 2. The van der Waals surface area contributed by atoms with Crippen LogP contribution < -0.4 is 25.4 Å². The number of carbonyl (C=O) groups is 3. The average Bonchev–Trinajstić information content (AvgIpc) is 3.45. The highest BCUT2D eigenvalue weighted by Gasteiger charge is 2.17. The number of benzene rings is 4. The van der Waals surface area contributed by atoms with Crippen molar-refractivity contribution in [2.75, 3.05) is 30.6 Å². The van der Waals surface area contributed by atoms with Crippen molar-refractivity contribution >= 4 is 67.9 Å². The maximum atomic E-state index is 13.5. The van der Waals surface area contributed by atoms with Crippen molar-refractivity contribution in [2.24, 2.45) is 0 Å². The maximum Gasteiger partial charge on any atom is 0.272 e. The number of nitrogens with one attached hydrogen (secondary N) is 3. The number of carbonyl (C=O) groups excluding carboxylic acids is 3. The molecule has 0 saturated heterocycles. The number of thiazole rings is 1. The lowest BCUT2D eigenvalue weighted by molar-refractivity contribution is -0.114. The standard InChI is InChI=1S/C34H30N4O5S2/c1-21-12-17-26-29(18-21)45-34(37-26)38-30(39)20-44-25-15-13-24(14-16-25)35-33(41)27(36-32(40)22-8-5-4-6-9-22)19-23-10-7-11-28(42-2)31(23)43-3/h4-19H,20H2,1-3H3,(H,35,41)(H,36,40)(H,37,38,39)/b27-19-. The molecule has 5 rings (SSSR count). The number of thioether (sulfide) groups is 1. The van der Waals surface area contributed by atoms with Gasteiger partial charge in [0.25, 0.3) is 11.8 Å². The second-order valence-electron chi connectivity index (χ2n) is 9.77. The topological polar surface area (TPSA) is 119 Å². The Morgan fingerprint density at radius 2 is 1.67 bits per heavy atom. The minimum Gasteiger partial charge on any atom is -0.493 e. The van der Waals surface area contributed by atoms with Crippen LogP contribution in [0.3, 0.4) is 0 Å². The van der Waals surface area contributed by atoms with Crippen LogP contribution >= 0.6 is 23.1 Å². The van der Waals surface area contributed by atoms with E-state index in [9.17, 15) is 14.4 Å². The van der Waals surface area contributed by atoms with Gasteiger partial charge in [-0.15, -0.1) is 11.8 Å². The lowest BCUT2D eigenvalue weighted by Gasteiger charge is -2.14. The number of rotatable bonds is 11. The van der Waals surface area contributed by atoms with Gasteiger partial charge in [0.15, 0.2) is 16.6 Å². The van der Waals surface area contributed by atoms with Crippen LogP contribution in [0.4, 0.5) is 10.8 Å². The first-order valence-corrected chi connectivity index (χ1v) is 15.6. The average molecular weight is 639 g/mol. The molecule has 4 aromatic carbocycles. The van der Waals surface area contributed by atoms with E-state index in [1.165, 1.54) is 43.4 Å². The number of methoxy groups -OCH3 is 2. The Morgan fingerprint density at radius 1 is 0.889 bits per heavy atom. The number of aromatic nitrogens is 1. The van der Waals surface area contributed by atoms with Crippen LogP contribution in [0.2, 0.25) is 0 Å². The van der Waals surface area contributed by atoms with E-state index in [4.69, 9.17) is 9.47 Å². The minimum absolute atomic E-state index is 0.00976. The fourth-order valence-corrected chi connectivity index (χ4v) is 6.02. The number of hydrogen-bond donors (Lipinski definition) is 3. The third-order valence-electron chi connectivity index (χ3n) is 6.53.